The number of halogens is 1. The zero-order chi connectivity index (χ0) is 21.6. The second-order valence-corrected chi connectivity index (χ2v) is 8.28. The van der Waals surface area contributed by atoms with Gasteiger partial charge in [0.25, 0.3) is 5.91 Å². The lowest BCUT2D eigenvalue weighted by atomic mass is 10.1. The third-order valence-electron chi connectivity index (χ3n) is 5.17. The maximum absolute atomic E-state index is 13.7. The second-order valence-electron chi connectivity index (χ2n) is 7.33. The average molecular weight is 439 g/mol. The van der Waals surface area contributed by atoms with Gasteiger partial charge < -0.3 is 14.5 Å². The number of thiophene rings is 1. The number of carbonyl (C=O) groups excluding carboxylic acids is 2. The molecule has 0 N–H and O–H groups in total. The lowest BCUT2D eigenvalue weighted by Gasteiger charge is -2.27. The minimum Gasteiger partial charge on any atom is -0.378 e. The summed E-state index contributed by atoms with van der Waals surface area (Å²) < 4.78 is 19.0. The lowest BCUT2D eigenvalue weighted by Crippen LogP contribution is -2.41. The van der Waals surface area contributed by atoms with E-state index in [0.29, 0.717) is 48.9 Å². The smallest absolute Gasteiger partial charge is 0.268 e. The van der Waals surface area contributed by atoms with Crippen molar-refractivity contribution >= 4 is 28.8 Å². The second kappa shape index (κ2) is 9.85. The number of ether oxygens (including phenoxy) is 1. The van der Waals surface area contributed by atoms with Crippen LogP contribution in [0.3, 0.4) is 0 Å². The van der Waals surface area contributed by atoms with E-state index in [-0.39, 0.29) is 24.2 Å². The van der Waals surface area contributed by atoms with Crippen LogP contribution in [-0.2, 0) is 22.5 Å². The maximum atomic E-state index is 13.7. The fraction of sp³-hybridized carbons (Fsp3) is 0.250. The van der Waals surface area contributed by atoms with E-state index >= 15 is 0 Å². The number of hydrogen-bond acceptors (Lipinski definition) is 4. The molecule has 1 saturated heterocycles. The Morgan fingerprint density at radius 1 is 1.00 bits per heavy atom. The molecule has 3 aromatic rings. The summed E-state index contributed by atoms with van der Waals surface area (Å²) in [7, 11) is 0. The van der Waals surface area contributed by atoms with Gasteiger partial charge in [-0.05, 0) is 46.8 Å². The van der Waals surface area contributed by atoms with Crippen LogP contribution in [0.25, 0.3) is 0 Å². The van der Waals surface area contributed by atoms with Crippen LogP contribution in [0, 0.1) is 5.82 Å². The molecule has 7 heteroatoms. The molecule has 0 bridgehead atoms. The zero-order valence-corrected chi connectivity index (χ0v) is 17.8. The number of nitrogens with zero attached hydrogens (tertiary/aromatic N) is 2. The van der Waals surface area contributed by atoms with Gasteiger partial charge in [-0.3, -0.25) is 9.59 Å². The van der Waals surface area contributed by atoms with Gasteiger partial charge in [-0.25, -0.2) is 4.39 Å². The summed E-state index contributed by atoms with van der Waals surface area (Å²) in [5, 5.41) is 1.86. The van der Waals surface area contributed by atoms with Crippen molar-refractivity contribution in [1.82, 2.24) is 4.90 Å². The van der Waals surface area contributed by atoms with Crippen molar-refractivity contribution < 1.29 is 18.7 Å². The maximum Gasteiger partial charge on any atom is 0.268 e. The molecule has 0 unspecified atom stereocenters. The first-order chi connectivity index (χ1) is 15.1. The van der Waals surface area contributed by atoms with E-state index in [1.807, 2.05) is 40.6 Å². The van der Waals surface area contributed by atoms with E-state index < -0.39 is 0 Å². The summed E-state index contributed by atoms with van der Waals surface area (Å²) in [5.41, 5.74) is 2.29. The molecule has 4 rings (SSSR count). The van der Waals surface area contributed by atoms with Crippen LogP contribution in [0.15, 0.2) is 66.0 Å². The first-order valence-corrected chi connectivity index (χ1v) is 11.0. The summed E-state index contributed by atoms with van der Waals surface area (Å²) in [6.07, 6.45) is 0.309. The Morgan fingerprint density at radius 3 is 2.45 bits per heavy atom. The summed E-state index contributed by atoms with van der Waals surface area (Å²) in [6.45, 7) is 2.64. The monoisotopic (exact) mass is 438 g/mol. The Kier molecular flexibility index (Phi) is 6.74. The van der Waals surface area contributed by atoms with Gasteiger partial charge in [0.1, 0.15) is 5.82 Å². The lowest BCUT2D eigenvalue weighted by molar-refractivity contribution is -0.134. The number of carbonyl (C=O) groups is 2. The van der Waals surface area contributed by atoms with Crippen molar-refractivity contribution in [3.8, 4) is 0 Å². The van der Waals surface area contributed by atoms with Gasteiger partial charge in [0.2, 0.25) is 5.91 Å². The fourth-order valence-corrected chi connectivity index (χ4v) is 4.20. The molecule has 1 aliphatic rings. The standard InChI is InChI=1S/C24H23FN2O3S/c25-20-4-1-3-19(15-20)17-27(24(29)22-5-2-14-31-22)21-8-6-18(7-9-21)16-23(28)26-10-12-30-13-11-26/h1-9,14-15H,10-13,16-17H2. The van der Waals surface area contributed by atoms with Crippen LogP contribution in [-0.4, -0.2) is 43.0 Å². The molecule has 1 fully saturated rings. The van der Waals surface area contributed by atoms with Gasteiger partial charge in [0.05, 0.1) is 31.1 Å². The predicted molar refractivity (Wildman–Crippen MR) is 119 cm³/mol. The van der Waals surface area contributed by atoms with Gasteiger partial charge in [-0.15, -0.1) is 11.3 Å². The molecule has 0 spiro atoms. The molecule has 31 heavy (non-hydrogen) atoms. The van der Waals surface area contributed by atoms with Crippen molar-refractivity contribution in [2.75, 3.05) is 31.2 Å². The molecule has 0 aliphatic carbocycles. The summed E-state index contributed by atoms with van der Waals surface area (Å²) in [5.74, 6) is -0.406. The molecular formula is C24H23FN2O3S. The highest BCUT2D eigenvalue weighted by molar-refractivity contribution is 7.12. The van der Waals surface area contributed by atoms with Crippen molar-refractivity contribution in [3.05, 3.63) is 87.9 Å². The molecular weight excluding hydrogens is 415 g/mol. The number of amides is 2. The van der Waals surface area contributed by atoms with E-state index in [0.717, 1.165) is 5.56 Å². The summed E-state index contributed by atoms with van der Waals surface area (Å²) >= 11 is 1.37. The molecule has 0 radical (unpaired) electrons. The molecule has 2 amide bonds. The average Bonchev–Trinajstić information content (AvgIpc) is 3.33. The molecule has 0 saturated carbocycles. The Balaban J connectivity index is 1.53. The van der Waals surface area contributed by atoms with Crippen molar-refractivity contribution in [2.24, 2.45) is 0 Å². The normalized spacial score (nSPS) is 13.8. The Bertz CT molecular complexity index is 1030. The van der Waals surface area contributed by atoms with E-state index in [9.17, 15) is 14.0 Å². The largest absolute Gasteiger partial charge is 0.378 e. The highest BCUT2D eigenvalue weighted by atomic mass is 32.1. The minimum atomic E-state index is -0.335. The van der Waals surface area contributed by atoms with Crippen LogP contribution in [0.2, 0.25) is 0 Å². The first kappa shape index (κ1) is 21.2. The first-order valence-electron chi connectivity index (χ1n) is 10.1. The molecule has 1 aliphatic heterocycles. The Morgan fingerprint density at radius 2 is 1.77 bits per heavy atom. The third kappa shape index (κ3) is 5.37. The number of benzene rings is 2. The van der Waals surface area contributed by atoms with Gasteiger partial charge in [-0.2, -0.15) is 0 Å². The quantitative estimate of drug-likeness (QED) is 0.581. The molecule has 160 valence electrons. The highest BCUT2D eigenvalue weighted by Crippen LogP contribution is 2.23. The highest BCUT2D eigenvalue weighted by Gasteiger charge is 2.20. The van der Waals surface area contributed by atoms with E-state index in [1.165, 1.54) is 23.5 Å². The molecule has 5 nitrogen and oxygen atoms in total. The molecule has 1 aromatic heterocycles. The Hall–Kier alpha value is -3.03. The van der Waals surface area contributed by atoms with E-state index in [2.05, 4.69) is 0 Å². The van der Waals surface area contributed by atoms with Crippen LogP contribution >= 0.6 is 11.3 Å². The number of morpholine rings is 1. The van der Waals surface area contributed by atoms with Crippen molar-refractivity contribution in [2.45, 2.75) is 13.0 Å². The van der Waals surface area contributed by atoms with E-state index in [1.54, 1.807) is 23.1 Å². The summed E-state index contributed by atoms with van der Waals surface area (Å²) in [4.78, 5) is 29.7. The molecule has 0 atom stereocenters. The summed E-state index contributed by atoms with van der Waals surface area (Å²) in [6, 6.07) is 17.3. The van der Waals surface area contributed by atoms with Gasteiger partial charge >= 0.3 is 0 Å². The van der Waals surface area contributed by atoms with Crippen LogP contribution < -0.4 is 4.90 Å². The molecule has 2 heterocycles. The SMILES string of the molecule is O=C(Cc1ccc(N(Cc2cccc(F)c2)C(=O)c2cccs2)cc1)N1CCOCC1. The van der Waals surface area contributed by atoms with Crippen LogP contribution in [0.4, 0.5) is 10.1 Å². The topological polar surface area (TPSA) is 49.9 Å². The van der Waals surface area contributed by atoms with Crippen molar-refractivity contribution in [1.29, 1.82) is 0 Å². The van der Waals surface area contributed by atoms with Gasteiger partial charge in [-0.1, -0.05) is 30.3 Å². The van der Waals surface area contributed by atoms with Crippen LogP contribution in [0.1, 0.15) is 20.8 Å². The fourth-order valence-electron chi connectivity index (χ4n) is 3.52. The van der Waals surface area contributed by atoms with E-state index in [4.69, 9.17) is 4.74 Å². The van der Waals surface area contributed by atoms with Gasteiger partial charge in [0.15, 0.2) is 0 Å². The van der Waals surface area contributed by atoms with Crippen LogP contribution in [0.5, 0.6) is 0 Å². The predicted octanol–water partition coefficient (Wildman–Crippen LogP) is 4.14. The Labute approximate surface area is 184 Å². The minimum absolute atomic E-state index is 0.0716. The number of rotatable bonds is 6. The number of hydrogen-bond donors (Lipinski definition) is 0. The molecule has 2 aromatic carbocycles. The third-order valence-corrected chi connectivity index (χ3v) is 6.03. The van der Waals surface area contributed by atoms with Gasteiger partial charge in [0, 0.05) is 18.8 Å². The number of anilines is 1. The zero-order valence-electron chi connectivity index (χ0n) is 17.0. The van der Waals surface area contributed by atoms with Crippen molar-refractivity contribution in [3.63, 3.8) is 0 Å².